The first kappa shape index (κ1) is 14.5. The summed E-state index contributed by atoms with van der Waals surface area (Å²) in [6.07, 6.45) is 6.75. The van der Waals surface area contributed by atoms with Gasteiger partial charge in [-0.1, -0.05) is 26.2 Å². The van der Waals surface area contributed by atoms with Crippen LogP contribution in [0, 0.1) is 5.92 Å². The van der Waals surface area contributed by atoms with Crippen LogP contribution in [0.1, 0.15) is 45.4 Å². The van der Waals surface area contributed by atoms with Gasteiger partial charge in [0.05, 0.1) is 6.54 Å². The van der Waals surface area contributed by atoms with E-state index >= 15 is 0 Å². The number of rotatable bonds is 8. The molecule has 1 atom stereocenters. The summed E-state index contributed by atoms with van der Waals surface area (Å²) in [5, 5.41) is 15.1. The largest absolute Gasteiger partial charge is 0.396 e. The van der Waals surface area contributed by atoms with Crippen molar-refractivity contribution in [3.05, 3.63) is 0 Å². The number of aliphatic hydroxyl groups excluding tert-OH is 1. The van der Waals surface area contributed by atoms with E-state index in [1.54, 1.807) is 0 Å². The number of hydrogen-bond acceptors (Lipinski definition) is 3. The van der Waals surface area contributed by atoms with Crippen LogP contribution in [-0.4, -0.2) is 36.8 Å². The Kier molecular flexibility index (Phi) is 7.21. The highest BCUT2D eigenvalue weighted by molar-refractivity contribution is 5.78. The van der Waals surface area contributed by atoms with Gasteiger partial charge < -0.3 is 15.7 Å². The van der Waals surface area contributed by atoms with Crippen LogP contribution in [0.2, 0.25) is 0 Å². The third-order valence-electron chi connectivity index (χ3n) is 3.61. The van der Waals surface area contributed by atoms with Gasteiger partial charge in [0.15, 0.2) is 0 Å². The third kappa shape index (κ3) is 6.03. The smallest absolute Gasteiger partial charge is 0.233 e. The lowest BCUT2D eigenvalue weighted by Crippen LogP contribution is -2.39. The zero-order valence-electron chi connectivity index (χ0n) is 10.9. The predicted molar refractivity (Wildman–Crippen MR) is 68.8 cm³/mol. The summed E-state index contributed by atoms with van der Waals surface area (Å²) in [6.45, 7) is 3.40. The predicted octanol–water partition coefficient (Wildman–Crippen LogP) is 1.04. The summed E-state index contributed by atoms with van der Waals surface area (Å²) in [5.74, 6) is 0.476. The maximum Gasteiger partial charge on any atom is 0.233 e. The Morgan fingerprint density at radius 2 is 2.12 bits per heavy atom. The van der Waals surface area contributed by atoms with E-state index in [1.165, 1.54) is 25.7 Å². The van der Waals surface area contributed by atoms with Gasteiger partial charge in [0.1, 0.15) is 0 Å². The van der Waals surface area contributed by atoms with Gasteiger partial charge in [-0.25, -0.2) is 0 Å². The fraction of sp³-hybridized carbons (Fsp3) is 0.923. The second-order valence-electron chi connectivity index (χ2n) is 4.95. The standard InChI is InChI=1S/C13H26N2O2/c1-2-11(7-8-16)9-15-13(17)10-14-12-5-3-4-6-12/h11-12,14,16H,2-10H2,1H3,(H,15,17). The second-order valence-corrected chi connectivity index (χ2v) is 4.95. The molecule has 4 nitrogen and oxygen atoms in total. The minimum Gasteiger partial charge on any atom is -0.396 e. The lowest BCUT2D eigenvalue weighted by molar-refractivity contribution is -0.120. The molecule has 0 bridgehead atoms. The molecule has 0 spiro atoms. The van der Waals surface area contributed by atoms with Crippen molar-refractivity contribution < 1.29 is 9.90 Å². The highest BCUT2D eigenvalue weighted by Gasteiger charge is 2.15. The second kappa shape index (κ2) is 8.48. The SMILES string of the molecule is CCC(CCO)CNC(=O)CNC1CCCC1. The Bertz CT molecular complexity index is 215. The molecule has 0 radical (unpaired) electrons. The molecule has 1 fully saturated rings. The van der Waals surface area contributed by atoms with E-state index in [-0.39, 0.29) is 12.5 Å². The Hall–Kier alpha value is -0.610. The highest BCUT2D eigenvalue weighted by Crippen LogP contribution is 2.17. The van der Waals surface area contributed by atoms with Gasteiger partial charge in [0.25, 0.3) is 0 Å². The Balaban J connectivity index is 2.07. The van der Waals surface area contributed by atoms with Crippen LogP contribution >= 0.6 is 0 Å². The fourth-order valence-corrected chi connectivity index (χ4v) is 2.32. The Labute approximate surface area is 104 Å². The van der Waals surface area contributed by atoms with Crippen LogP contribution in [0.15, 0.2) is 0 Å². The molecule has 1 amide bonds. The molecule has 0 aromatic carbocycles. The van der Waals surface area contributed by atoms with E-state index in [2.05, 4.69) is 17.6 Å². The molecule has 0 aromatic rings. The summed E-state index contributed by atoms with van der Waals surface area (Å²) in [5.41, 5.74) is 0. The molecule has 100 valence electrons. The number of hydrogen-bond donors (Lipinski definition) is 3. The lowest BCUT2D eigenvalue weighted by atomic mass is 10.0. The zero-order valence-corrected chi connectivity index (χ0v) is 10.9. The van der Waals surface area contributed by atoms with Crippen molar-refractivity contribution in [1.82, 2.24) is 10.6 Å². The first-order valence-corrected chi connectivity index (χ1v) is 6.87. The highest BCUT2D eigenvalue weighted by atomic mass is 16.3. The Morgan fingerprint density at radius 3 is 2.71 bits per heavy atom. The van der Waals surface area contributed by atoms with Crippen molar-refractivity contribution >= 4 is 5.91 Å². The number of carbonyl (C=O) groups is 1. The molecule has 0 aliphatic heterocycles. The van der Waals surface area contributed by atoms with Gasteiger partial charge in [0.2, 0.25) is 5.91 Å². The lowest BCUT2D eigenvalue weighted by Gasteiger charge is -2.15. The molecule has 17 heavy (non-hydrogen) atoms. The van der Waals surface area contributed by atoms with Crippen LogP contribution in [0.3, 0.4) is 0 Å². The molecule has 4 heteroatoms. The quantitative estimate of drug-likeness (QED) is 0.596. The van der Waals surface area contributed by atoms with E-state index in [0.717, 1.165) is 12.8 Å². The average Bonchev–Trinajstić information content (AvgIpc) is 2.85. The zero-order chi connectivity index (χ0) is 12.5. The van der Waals surface area contributed by atoms with Crippen molar-refractivity contribution in [3.63, 3.8) is 0 Å². The van der Waals surface area contributed by atoms with Gasteiger partial charge in [-0.3, -0.25) is 4.79 Å². The number of amides is 1. The molecule has 0 saturated heterocycles. The maximum absolute atomic E-state index is 11.6. The van der Waals surface area contributed by atoms with Crippen molar-refractivity contribution in [2.24, 2.45) is 5.92 Å². The van der Waals surface area contributed by atoms with Crippen LogP contribution < -0.4 is 10.6 Å². The van der Waals surface area contributed by atoms with Crippen molar-refractivity contribution in [3.8, 4) is 0 Å². The molecule has 3 N–H and O–H groups in total. The number of nitrogens with one attached hydrogen (secondary N) is 2. The van der Waals surface area contributed by atoms with Gasteiger partial charge in [-0.05, 0) is 25.2 Å². The topological polar surface area (TPSA) is 61.4 Å². The summed E-state index contributed by atoms with van der Waals surface area (Å²) >= 11 is 0. The van der Waals surface area contributed by atoms with E-state index in [0.29, 0.717) is 25.0 Å². The van der Waals surface area contributed by atoms with Crippen LogP contribution in [0.25, 0.3) is 0 Å². The molecular formula is C13H26N2O2. The fourth-order valence-electron chi connectivity index (χ4n) is 2.32. The number of carbonyl (C=O) groups excluding carboxylic acids is 1. The molecule has 0 heterocycles. The molecule has 1 aliphatic carbocycles. The minimum absolute atomic E-state index is 0.0771. The van der Waals surface area contributed by atoms with Crippen LogP contribution in [0.5, 0.6) is 0 Å². The summed E-state index contributed by atoms with van der Waals surface area (Å²) in [7, 11) is 0. The van der Waals surface area contributed by atoms with Gasteiger partial charge in [0, 0.05) is 19.2 Å². The van der Waals surface area contributed by atoms with E-state index in [9.17, 15) is 4.79 Å². The van der Waals surface area contributed by atoms with E-state index < -0.39 is 0 Å². The molecule has 1 rings (SSSR count). The third-order valence-corrected chi connectivity index (χ3v) is 3.61. The van der Waals surface area contributed by atoms with Crippen molar-refractivity contribution in [2.75, 3.05) is 19.7 Å². The summed E-state index contributed by atoms with van der Waals surface area (Å²) < 4.78 is 0. The molecule has 1 unspecified atom stereocenters. The van der Waals surface area contributed by atoms with E-state index in [4.69, 9.17) is 5.11 Å². The minimum atomic E-state index is 0.0771. The monoisotopic (exact) mass is 242 g/mol. The van der Waals surface area contributed by atoms with Crippen molar-refractivity contribution in [2.45, 2.75) is 51.5 Å². The van der Waals surface area contributed by atoms with Crippen LogP contribution in [0.4, 0.5) is 0 Å². The van der Waals surface area contributed by atoms with Gasteiger partial charge in [-0.2, -0.15) is 0 Å². The molecule has 1 aliphatic rings. The van der Waals surface area contributed by atoms with Crippen LogP contribution in [-0.2, 0) is 4.79 Å². The van der Waals surface area contributed by atoms with Crippen molar-refractivity contribution in [1.29, 1.82) is 0 Å². The van der Waals surface area contributed by atoms with E-state index in [1.807, 2.05) is 0 Å². The first-order chi connectivity index (χ1) is 8.26. The van der Waals surface area contributed by atoms with Gasteiger partial charge in [-0.15, -0.1) is 0 Å². The average molecular weight is 242 g/mol. The summed E-state index contributed by atoms with van der Waals surface area (Å²) in [4.78, 5) is 11.6. The molecule has 0 aromatic heterocycles. The first-order valence-electron chi connectivity index (χ1n) is 6.87. The number of aliphatic hydroxyl groups is 1. The molecule has 1 saturated carbocycles. The van der Waals surface area contributed by atoms with Gasteiger partial charge >= 0.3 is 0 Å². The Morgan fingerprint density at radius 1 is 1.41 bits per heavy atom. The maximum atomic E-state index is 11.6. The summed E-state index contributed by atoms with van der Waals surface area (Å²) in [6, 6.07) is 0.542. The molecular weight excluding hydrogens is 216 g/mol. The normalized spacial score (nSPS) is 18.2.